The van der Waals surface area contributed by atoms with E-state index in [1.165, 1.54) is 12.1 Å². The second kappa shape index (κ2) is 8.27. The van der Waals surface area contributed by atoms with Gasteiger partial charge in [0.1, 0.15) is 11.6 Å². The SMILES string of the molecule is CN1CCC(C(=O)N2CCC(C)(c3ncc(Cc4cccc(F)c4)o3)CC2)CC1. The number of oxazole rings is 1. The minimum atomic E-state index is -0.240. The summed E-state index contributed by atoms with van der Waals surface area (Å²) in [4.78, 5) is 21.7. The molecule has 2 aromatic rings. The lowest BCUT2D eigenvalue weighted by molar-refractivity contribution is -0.138. The third kappa shape index (κ3) is 4.53. The Labute approximate surface area is 171 Å². The fourth-order valence-electron chi connectivity index (χ4n) is 4.46. The molecule has 0 atom stereocenters. The van der Waals surface area contributed by atoms with Crippen LogP contribution >= 0.6 is 0 Å². The Balaban J connectivity index is 1.36. The van der Waals surface area contributed by atoms with Crippen molar-refractivity contribution in [1.82, 2.24) is 14.8 Å². The van der Waals surface area contributed by atoms with Crippen LogP contribution in [-0.4, -0.2) is 53.9 Å². The number of carbonyl (C=O) groups excluding carboxylic acids is 1. The summed E-state index contributed by atoms with van der Waals surface area (Å²) in [5, 5.41) is 0. The number of carbonyl (C=O) groups is 1. The number of rotatable bonds is 4. The Morgan fingerprint density at radius 1 is 1.24 bits per heavy atom. The number of hydrogen-bond donors (Lipinski definition) is 0. The first kappa shape index (κ1) is 20.1. The molecule has 2 aliphatic heterocycles. The molecular weight excluding hydrogens is 369 g/mol. The second-order valence-corrected chi connectivity index (χ2v) is 8.90. The Morgan fingerprint density at radius 3 is 2.66 bits per heavy atom. The van der Waals surface area contributed by atoms with Crippen molar-refractivity contribution in [1.29, 1.82) is 0 Å². The summed E-state index contributed by atoms with van der Waals surface area (Å²) in [5.41, 5.74) is 0.709. The van der Waals surface area contributed by atoms with Crippen molar-refractivity contribution >= 4 is 5.91 Å². The summed E-state index contributed by atoms with van der Waals surface area (Å²) >= 11 is 0. The highest BCUT2D eigenvalue weighted by atomic mass is 19.1. The zero-order chi connectivity index (χ0) is 20.4. The van der Waals surface area contributed by atoms with Crippen LogP contribution in [0.1, 0.15) is 49.8 Å². The monoisotopic (exact) mass is 399 g/mol. The van der Waals surface area contributed by atoms with Crippen LogP contribution in [0.15, 0.2) is 34.9 Å². The highest BCUT2D eigenvalue weighted by Crippen LogP contribution is 2.35. The average Bonchev–Trinajstić information content (AvgIpc) is 3.18. The van der Waals surface area contributed by atoms with Crippen LogP contribution in [0.4, 0.5) is 4.39 Å². The number of benzene rings is 1. The number of hydrogen-bond acceptors (Lipinski definition) is 4. The maximum Gasteiger partial charge on any atom is 0.225 e. The highest BCUT2D eigenvalue weighted by molar-refractivity contribution is 5.79. The van der Waals surface area contributed by atoms with Crippen LogP contribution in [0.5, 0.6) is 0 Å². The molecule has 0 unspecified atom stereocenters. The van der Waals surface area contributed by atoms with Crippen molar-refractivity contribution in [2.75, 3.05) is 33.2 Å². The van der Waals surface area contributed by atoms with Crippen molar-refractivity contribution < 1.29 is 13.6 Å². The van der Waals surface area contributed by atoms with E-state index in [0.717, 1.165) is 69.1 Å². The van der Waals surface area contributed by atoms with Gasteiger partial charge in [0.15, 0.2) is 5.89 Å². The number of likely N-dealkylation sites (tertiary alicyclic amines) is 2. The van der Waals surface area contributed by atoms with E-state index < -0.39 is 0 Å². The number of amides is 1. The van der Waals surface area contributed by atoms with Crippen molar-refractivity contribution in [3.8, 4) is 0 Å². The van der Waals surface area contributed by atoms with Gasteiger partial charge >= 0.3 is 0 Å². The van der Waals surface area contributed by atoms with Gasteiger partial charge in [0.05, 0.1) is 6.20 Å². The molecule has 6 heteroatoms. The molecule has 1 amide bonds. The molecule has 2 aliphatic rings. The first-order chi connectivity index (χ1) is 13.9. The molecule has 1 aromatic carbocycles. The highest BCUT2D eigenvalue weighted by Gasteiger charge is 2.38. The summed E-state index contributed by atoms with van der Waals surface area (Å²) in [6, 6.07) is 6.56. The zero-order valence-corrected chi connectivity index (χ0v) is 17.4. The fourth-order valence-corrected chi connectivity index (χ4v) is 4.46. The molecule has 2 fully saturated rings. The molecule has 0 radical (unpaired) electrons. The van der Waals surface area contributed by atoms with Gasteiger partial charge in [-0.1, -0.05) is 19.1 Å². The molecule has 0 spiro atoms. The number of nitrogens with zero attached hydrogens (tertiary/aromatic N) is 3. The van der Waals surface area contributed by atoms with E-state index in [9.17, 15) is 9.18 Å². The molecule has 29 heavy (non-hydrogen) atoms. The van der Waals surface area contributed by atoms with Crippen LogP contribution in [0.2, 0.25) is 0 Å². The molecule has 5 nitrogen and oxygen atoms in total. The van der Waals surface area contributed by atoms with Crippen LogP contribution in [0, 0.1) is 11.7 Å². The number of aromatic nitrogens is 1. The molecule has 2 saturated heterocycles. The average molecular weight is 400 g/mol. The normalized spacial score (nSPS) is 20.7. The van der Waals surface area contributed by atoms with E-state index in [-0.39, 0.29) is 17.2 Å². The van der Waals surface area contributed by atoms with Crippen LogP contribution < -0.4 is 0 Å². The second-order valence-electron chi connectivity index (χ2n) is 8.90. The van der Waals surface area contributed by atoms with E-state index in [1.807, 2.05) is 11.0 Å². The summed E-state index contributed by atoms with van der Waals surface area (Å²) < 4.78 is 19.5. The van der Waals surface area contributed by atoms with Gasteiger partial charge in [-0.05, 0) is 63.5 Å². The zero-order valence-electron chi connectivity index (χ0n) is 17.4. The van der Waals surface area contributed by atoms with Gasteiger partial charge in [-0.3, -0.25) is 4.79 Å². The van der Waals surface area contributed by atoms with E-state index in [1.54, 1.807) is 12.3 Å². The van der Waals surface area contributed by atoms with E-state index in [4.69, 9.17) is 4.42 Å². The molecule has 1 aromatic heterocycles. The lowest BCUT2D eigenvalue weighted by Gasteiger charge is -2.39. The van der Waals surface area contributed by atoms with Gasteiger partial charge in [-0.25, -0.2) is 9.37 Å². The molecule has 3 heterocycles. The van der Waals surface area contributed by atoms with Crippen molar-refractivity contribution in [2.45, 2.75) is 44.4 Å². The van der Waals surface area contributed by atoms with Gasteiger partial charge in [-0.2, -0.15) is 0 Å². The predicted octanol–water partition coefficient (Wildman–Crippen LogP) is 3.63. The van der Waals surface area contributed by atoms with Crippen LogP contribution in [0.25, 0.3) is 0 Å². The smallest absolute Gasteiger partial charge is 0.225 e. The summed E-state index contributed by atoms with van der Waals surface area (Å²) in [5.74, 6) is 1.73. The van der Waals surface area contributed by atoms with Crippen molar-refractivity contribution in [3.05, 3.63) is 53.5 Å². The van der Waals surface area contributed by atoms with Gasteiger partial charge in [0.25, 0.3) is 0 Å². The standard InChI is InChI=1S/C23H30FN3O2/c1-23(22-25-16-20(29-22)15-17-4-3-5-19(24)14-17)8-12-27(13-9-23)21(28)18-6-10-26(2)11-7-18/h3-5,14,16,18H,6-13,15H2,1-2H3. The summed E-state index contributed by atoms with van der Waals surface area (Å²) in [6.07, 6.45) is 5.91. The fraction of sp³-hybridized carbons (Fsp3) is 0.565. The lowest BCUT2D eigenvalue weighted by Crippen LogP contribution is -2.47. The predicted molar refractivity (Wildman–Crippen MR) is 109 cm³/mol. The topological polar surface area (TPSA) is 49.6 Å². The Bertz CT molecular complexity index is 849. The van der Waals surface area contributed by atoms with Crippen molar-refractivity contribution in [3.63, 3.8) is 0 Å². The summed E-state index contributed by atoms with van der Waals surface area (Å²) in [7, 11) is 2.12. The molecule has 0 saturated carbocycles. The van der Waals surface area contributed by atoms with Crippen LogP contribution in [0.3, 0.4) is 0 Å². The minimum absolute atomic E-state index is 0.163. The van der Waals surface area contributed by atoms with Gasteiger partial charge in [0, 0.05) is 30.8 Å². The van der Waals surface area contributed by atoms with E-state index in [2.05, 4.69) is 23.9 Å². The summed E-state index contributed by atoms with van der Waals surface area (Å²) in [6.45, 7) is 5.69. The molecule has 0 bridgehead atoms. The lowest BCUT2D eigenvalue weighted by atomic mass is 9.79. The first-order valence-corrected chi connectivity index (χ1v) is 10.6. The van der Waals surface area contributed by atoms with Crippen molar-refractivity contribution in [2.24, 2.45) is 5.92 Å². The Hall–Kier alpha value is -2.21. The maximum atomic E-state index is 13.4. The number of piperidine rings is 2. The van der Waals surface area contributed by atoms with E-state index >= 15 is 0 Å². The van der Waals surface area contributed by atoms with Gasteiger partial charge in [0.2, 0.25) is 5.91 Å². The molecular formula is C23H30FN3O2. The quantitative estimate of drug-likeness (QED) is 0.788. The minimum Gasteiger partial charge on any atom is -0.445 e. The third-order valence-corrected chi connectivity index (χ3v) is 6.58. The molecule has 0 N–H and O–H groups in total. The maximum absolute atomic E-state index is 13.4. The van der Waals surface area contributed by atoms with Crippen LogP contribution in [-0.2, 0) is 16.6 Å². The Kier molecular flexibility index (Phi) is 5.72. The van der Waals surface area contributed by atoms with E-state index in [0.29, 0.717) is 12.3 Å². The molecule has 0 aliphatic carbocycles. The number of halogens is 1. The molecule has 156 valence electrons. The van der Waals surface area contributed by atoms with Gasteiger partial charge < -0.3 is 14.2 Å². The molecule has 4 rings (SSSR count). The largest absolute Gasteiger partial charge is 0.445 e. The Morgan fingerprint density at radius 2 is 1.97 bits per heavy atom. The third-order valence-electron chi connectivity index (χ3n) is 6.58. The van der Waals surface area contributed by atoms with Gasteiger partial charge in [-0.15, -0.1) is 0 Å². The first-order valence-electron chi connectivity index (χ1n) is 10.6.